The molecular weight excluding hydrogens is 222 g/mol. The minimum Gasteiger partial charge on any atom is -0.348 e. The topological polar surface area (TPSA) is 54.0 Å². The number of nitrogens with zero attached hydrogens (tertiary/aromatic N) is 1. The van der Waals surface area contributed by atoms with Crippen LogP contribution in [0.5, 0.6) is 0 Å². The van der Waals surface area contributed by atoms with E-state index in [-0.39, 0.29) is 5.91 Å². The molecule has 1 rings (SSSR count). The molecule has 5 heteroatoms. The highest BCUT2D eigenvalue weighted by Crippen LogP contribution is 2.12. The molecular formula is C11H19N3OS. The lowest BCUT2D eigenvalue weighted by Gasteiger charge is -2.07. The number of rotatable bonds is 6. The number of thiazole rings is 1. The second-order valence-corrected chi connectivity index (χ2v) is 5.09. The fourth-order valence-electron chi connectivity index (χ4n) is 1.13. The Hall–Kier alpha value is -0.940. The first-order chi connectivity index (χ1) is 7.61. The lowest BCUT2D eigenvalue weighted by Crippen LogP contribution is -2.36. The van der Waals surface area contributed by atoms with E-state index in [1.165, 1.54) is 4.88 Å². The number of hydrogen-bond donors (Lipinski definition) is 2. The van der Waals surface area contributed by atoms with Gasteiger partial charge in [-0.3, -0.25) is 4.79 Å². The normalized spacial score (nSPS) is 10.8. The summed E-state index contributed by atoms with van der Waals surface area (Å²) in [4.78, 5) is 16.9. The molecule has 90 valence electrons. The van der Waals surface area contributed by atoms with Crippen molar-refractivity contribution >= 4 is 17.2 Å². The van der Waals surface area contributed by atoms with Crippen LogP contribution in [0.25, 0.3) is 0 Å². The van der Waals surface area contributed by atoms with Crippen molar-refractivity contribution < 1.29 is 4.79 Å². The molecule has 1 amide bonds. The van der Waals surface area contributed by atoms with Gasteiger partial charge in [0.05, 0.1) is 13.1 Å². The van der Waals surface area contributed by atoms with Crippen molar-refractivity contribution in [3.8, 4) is 0 Å². The minimum atomic E-state index is 0.0157. The van der Waals surface area contributed by atoms with Gasteiger partial charge in [0.2, 0.25) is 5.91 Å². The van der Waals surface area contributed by atoms with Crippen molar-refractivity contribution in [3.05, 3.63) is 16.1 Å². The Morgan fingerprint density at radius 3 is 2.88 bits per heavy atom. The van der Waals surface area contributed by atoms with E-state index in [4.69, 9.17) is 0 Å². The zero-order chi connectivity index (χ0) is 12.0. The molecule has 16 heavy (non-hydrogen) atoms. The standard InChI is InChI=1S/C11H19N3OS/c1-4-9-5-14-11(16-9)7-13-10(15)6-12-8(2)3/h5,8,12H,4,6-7H2,1-3H3,(H,13,15). The SMILES string of the molecule is CCc1cnc(CNC(=O)CNC(C)C)s1. The molecule has 0 unspecified atom stereocenters. The summed E-state index contributed by atoms with van der Waals surface area (Å²) in [5, 5.41) is 6.87. The van der Waals surface area contributed by atoms with Crippen LogP contribution in [0.4, 0.5) is 0 Å². The van der Waals surface area contributed by atoms with E-state index in [1.54, 1.807) is 11.3 Å². The number of carbonyl (C=O) groups is 1. The fraction of sp³-hybridized carbons (Fsp3) is 0.636. The summed E-state index contributed by atoms with van der Waals surface area (Å²) in [5.41, 5.74) is 0. The van der Waals surface area contributed by atoms with Crippen LogP contribution in [-0.4, -0.2) is 23.5 Å². The largest absolute Gasteiger partial charge is 0.348 e. The highest BCUT2D eigenvalue weighted by atomic mass is 32.1. The summed E-state index contributed by atoms with van der Waals surface area (Å²) in [7, 11) is 0. The quantitative estimate of drug-likeness (QED) is 0.790. The summed E-state index contributed by atoms with van der Waals surface area (Å²) in [5.74, 6) is 0.0157. The third-order valence-corrected chi connectivity index (χ3v) is 3.20. The molecule has 4 nitrogen and oxygen atoms in total. The summed E-state index contributed by atoms with van der Waals surface area (Å²) < 4.78 is 0. The second kappa shape index (κ2) is 6.60. The smallest absolute Gasteiger partial charge is 0.234 e. The van der Waals surface area contributed by atoms with Gasteiger partial charge in [-0.2, -0.15) is 0 Å². The molecule has 0 bridgehead atoms. The minimum absolute atomic E-state index is 0.0157. The number of nitrogens with one attached hydrogen (secondary N) is 2. The third kappa shape index (κ3) is 4.72. The van der Waals surface area contributed by atoms with E-state index in [2.05, 4.69) is 22.5 Å². The molecule has 0 spiro atoms. The number of aromatic nitrogens is 1. The maximum atomic E-state index is 11.4. The van der Waals surface area contributed by atoms with Crippen molar-refractivity contribution in [2.45, 2.75) is 39.8 Å². The summed E-state index contributed by atoms with van der Waals surface area (Å²) in [6.07, 6.45) is 2.87. The van der Waals surface area contributed by atoms with E-state index in [0.717, 1.165) is 11.4 Å². The van der Waals surface area contributed by atoms with Crippen LogP contribution >= 0.6 is 11.3 Å². The zero-order valence-corrected chi connectivity index (χ0v) is 10.9. The summed E-state index contributed by atoms with van der Waals surface area (Å²) >= 11 is 1.65. The van der Waals surface area contributed by atoms with Crippen LogP contribution in [0, 0.1) is 0 Å². The van der Waals surface area contributed by atoms with Gasteiger partial charge in [0.25, 0.3) is 0 Å². The molecule has 0 aliphatic heterocycles. The highest BCUT2D eigenvalue weighted by Gasteiger charge is 2.04. The maximum Gasteiger partial charge on any atom is 0.234 e. The van der Waals surface area contributed by atoms with Crippen LogP contribution < -0.4 is 10.6 Å². The number of hydrogen-bond acceptors (Lipinski definition) is 4. The molecule has 1 aromatic heterocycles. The lowest BCUT2D eigenvalue weighted by molar-refractivity contribution is -0.120. The Labute approximate surface area is 100 Å². The van der Waals surface area contributed by atoms with Gasteiger partial charge in [0.1, 0.15) is 5.01 Å². The maximum absolute atomic E-state index is 11.4. The van der Waals surface area contributed by atoms with Gasteiger partial charge in [0.15, 0.2) is 0 Å². The Morgan fingerprint density at radius 2 is 2.31 bits per heavy atom. The first kappa shape index (κ1) is 13.1. The molecule has 0 fully saturated rings. The Morgan fingerprint density at radius 1 is 1.56 bits per heavy atom. The van der Waals surface area contributed by atoms with Gasteiger partial charge in [-0.05, 0) is 6.42 Å². The summed E-state index contributed by atoms with van der Waals surface area (Å²) in [6.45, 7) is 7.03. The molecule has 0 radical (unpaired) electrons. The molecule has 0 atom stereocenters. The van der Waals surface area contributed by atoms with E-state index < -0.39 is 0 Å². The third-order valence-electron chi connectivity index (χ3n) is 2.06. The van der Waals surface area contributed by atoms with Gasteiger partial charge in [0, 0.05) is 17.1 Å². The second-order valence-electron chi connectivity index (χ2n) is 3.89. The monoisotopic (exact) mass is 241 g/mol. The first-order valence-electron chi connectivity index (χ1n) is 5.55. The average Bonchev–Trinajstić information content (AvgIpc) is 2.71. The molecule has 0 aliphatic rings. The predicted octanol–water partition coefficient (Wildman–Crippen LogP) is 1.32. The molecule has 0 saturated heterocycles. The van der Waals surface area contributed by atoms with Crippen LogP contribution in [-0.2, 0) is 17.8 Å². The average molecular weight is 241 g/mol. The van der Waals surface area contributed by atoms with E-state index >= 15 is 0 Å². The number of aryl methyl sites for hydroxylation is 1. The zero-order valence-electron chi connectivity index (χ0n) is 10.0. The lowest BCUT2D eigenvalue weighted by atomic mass is 10.4. The Bertz CT molecular complexity index is 336. The van der Waals surface area contributed by atoms with E-state index in [0.29, 0.717) is 19.1 Å². The molecule has 0 aliphatic carbocycles. The van der Waals surface area contributed by atoms with Crippen LogP contribution in [0.15, 0.2) is 6.20 Å². The van der Waals surface area contributed by atoms with Gasteiger partial charge >= 0.3 is 0 Å². The van der Waals surface area contributed by atoms with Gasteiger partial charge in [-0.1, -0.05) is 20.8 Å². The van der Waals surface area contributed by atoms with E-state index in [9.17, 15) is 4.79 Å². The summed E-state index contributed by atoms with van der Waals surface area (Å²) in [6, 6.07) is 0.331. The van der Waals surface area contributed by atoms with Crippen LogP contribution in [0.2, 0.25) is 0 Å². The van der Waals surface area contributed by atoms with Crippen molar-refractivity contribution in [3.63, 3.8) is 0 Å². The van der Waals surface area contributed by atoms with Crippen molar-refractivity contribution in [1.82, 2.24) is 15.6 Å². The van der Waals surface area contributed by atoms with Crippen LogP contribution in [0.3, 0.4) is 0 Å². The van der Waals surface area contributed by atoms with Gasteiger partial charge in [-0.15, -0.1) is 11.3 Å². The molecule has 0 aromatic carbocycles. The Balaban J connectivity index is 2.26. The predicted molar refractivity (Wildman–Crippen MR) is 66.5 cm³/mol. The Kier molecular flexibility index (Phi) is 5.42. The molecule has 1 heterocycles. The van der Waals surface area contributed by atoms with Gasteiger partial charge < -0.3 is 10.6 Å². The number of amides is 1. The molecule has 1 aromatic rings. The fourth-order valence-corrected chi connectivity index (χ4v) is 1.93. The van der Waals surface area contributed by atoms with Crippen molar-refractivity contribution in [1.29, 1.82) is 0 Å². The highest BCUT2D eigenvalue weighted by molar-refractivity contribution is 7.11. The molecule has 2 N–H and O–H groups in total. The molecule has 0 saturated carbocycles. The van der Waals surface area contributed by atoms with Crippen molar-refractivity contribution in [2.75, 3.05) is 6.54 Å². The first-order valence-corrected chi connectivity index (χ1v) is 6.37. The van der Waals surface area contributed by atoms with Crippen molar-refractivity contribution in [2.24, 2.45) is 0 Å². The number of carbonyl (C=O) groups excluding carboxylic acids is 1. The van der Waals surface area contributed by atoms with Crippen LogP contribution in [0.1, 0.15) is 30.7 Å². The van der Waals surface area contributed by atoms with E-state index in [1.807, 2.05) is 20.0 Å². The van der Waals surface area contributed by atoms with Gasteiger partial charge in [-0.25, -0.2) is 4.98 Å².